The van der Waals surface area contributed by atoms with Gasteiger partial charge in [-0.05, 0) is 54.5 Å². The Morgan fingerprint density at radius 1 is 1.16 bits per heavy atom. The predicted octanol–water partition coefficient (Wildman–Crippen LogP) is 4.36. The molecule has 0 saturated carbocycles. The third kappa shape index (κ3) is 3.17. The number of rotatable bonds is 4. The molecule has 2 aromatic carbocycles. The van der Waals surface area contributed by atoms with Crippen LogP contribution in [-0.2, 0) is 12.8 Å². The summed E-state index contributed by atoms with van der Waals surface area (Å²) in [6.07, 6.45) is 2.30. The largest absolute Gasteiger partial charge is 0.288 e. The van der Waals surface area contributed by atoms with Gasteiger partial charge in [0.25, 0.3) is 11.2 Å². The molecule has 0 atom stereocenters. The Labute approximate surface area is 185 Å². The molecule has 0 radical (unpaired) electrons. The minimum atomic E-state index is -0.495. The topological polar surface area (TPSA) is 95.1 Å². The number of ketones is 1. The number of benzene rings is 2. The van der Waals surface area contributed by atoms with Gasteiger partial charge in [-0.2, -0.15) is 9.78 Å². The zero-order valence-electron chi connectivity index (χ0n) is 16.1. The van der Waals surface area contributed by atoms with Crippen LogP contribution in [0.25, 0.3) is 16.5 Å². The van der Waals surface area contributed by atoms with Crippen LogP contribution >= 0.6 is 24.0 Å². The van der Waals surface area contributed by atoms with Crippen molar-refractivity contribution in [3.05, 3.63) is 90.0 Å². The Kier molecular flexibility index (Phi) is 4.71. The molecule has 2 heterocycles. The van der Waals surface area contributed by atoms with Gasteiger partial charge in [0.2, 0.25) is 5.78 Å². The number of nitro groups is 1. The van der Waals surface area contributed by atoms with E-state index in [1.807, 2.05) is 17.5 Å². The minimum absolute atomic E-state index is 0.0695. The van der Waals surface area contributed by atoms with Gasteiger partial charge < -0.3 is 0 Å². The van der Waals surface area contributed by atoms with E-state index >= 15 is 0 Å². The number of thiophene rings is 1. The second-order valence-corrected chi connectivity index (χ2v) is 8.67. The first-order chi connectivity index (χ1) is 15.0. The molecular formula is C22H15N3O4S2. The molecule has 2 aromatic heterocycles. The van der Waals surface area contributed by atoms with E-state index in [4.69, 9.17) is 0 Å². The maximum atomic E-state index is 13.5. The van der Waals surface area contributed by atoms with E-state index in [1.54, 1.807) is 6.07 Å². The number of carbonyl (C=O) groups excluding carboxylic acids is 1. The third-order valence-electron chi connectivity index (χ3n) is 5.45. The molecule has 1 aliphatic rings. The molecule has 0 bridgehead atoms. The zero-order valence-corrected chi connectivity index (χ0v) is 17.8. The lowest BCUT2D eigenvalue weighted by Crippen LogP contribution is -2.26. The van der Waals surface area contributed by atoms with Crippen molar-refractivity contribution in [1.29, 1.82) is 0 Å². The monoisotopic (exact) mass is 449 g/mol. The van der Waals surface area contributed by atoms with Crippen molar-refractivity contribution in [1.82, 2.24) is 9.78 Å². The molecule has 7 nitrogen and oxygen atoms in total. The number of aromatic nitrogens is 2. The molecule has 31 heavy (non-hydrogen) atoms. The fourth-order valence-electron chi connectivity index (χ4n) is 4.01. The lowest BCUT2D eigenvalue weighted by atomic mass is 9.90. The summed E-state index contributed by atoms with van der Waals surface area (Å²) in [5.74, 6) is -0.164. The Morgan fingerprint density at radius 3 is 2.61 bits per heavy atom. The van der Waals surface area contributed by atoms with Crippen LogP contribution in [0.4, 0.5) is 5.69 Å². The molecule has 9 heteroatoms. The minimum Gasteiger partial charge on any atom is -0.288 e. The standard InChI is InChI=1S/C22H15N3O4S2/c26-20(17-5-2-10-31-17)15-11-12-3-1-4-16-18(12)19(21(15)30)22(27)24(23-16)13-6-8-14(9-7-13)25(28)29/h2,5-11,30H,1,3-4H2. The average Bonchev–Trinajstić information content (AvgIpc) is 3.31. The van der Waals surface area contributed by atoms with E-state index in [2.05, 4.69) is 17.7 Å². The summed E-state index contributed by atoms with van der Waals surface area (Å²) < 4.78 is 1.25. The predicted molar refractivity (Wildman–Crippen MR) is 121 cm³/mol. The molecule has 0 unspecified atom stereocenters. The quantitative estimate of drug-likeness (QED) is 0.216. The normalized spacial score (nSPS) is 12.8. The molecule has 0 fully saturated rings. The Bertz CT molecular complexity index is 1420. The zero-order chi connectivity index (χ0) is 21.7. The lowest BCUT2D eigenvalue weighted by Gasteiger charge is -2.20. The highest BCUT2D eigenvalue weighted by Crippen LogP contribution is 2.34. The van der Waals surface area contributed by atoms with E-state index in [0.29, 0.717) is 32.8 Å². The van der Waals surface area contributed by atoms with Gasteiger partial charge in [-0.25, -0.2) is 0 Å². The highest BCUT2D eigenvalue weighted by Gasteiger charge is 2.25. The maximum absolute atomic E-state index is 13.5. The number of nitrogens with zero attached hydrogens (tertiary/aromatic N) is 3. The highest BCUT2D eigenvalue weighted by atomic mass is 32.1. The van der Waals surface area contributed by atoms with Crippen LogP contribution in [0.3, 0.4) is 0 Å². The number of hydrogen-bond acceptors (Lipinski definition) is 7. The number of nitro benzene ring substituents is 1. The first kappa shape index (κ1) is 19.7. The van der Waals surface area contributed by atoms with Crippen molar-refractivity contribution in [3.63, 3.8) is 0 Å². The number of aryl methyl sites for hydroxylation is 2. The molecule has 4 aromatic rings. The van der Waals surface area contributed by atoms with Crippen molar-refractivity contribution in [2.24, 2.45) is 0 Å². The molecule has 1 aliphatic carbocycles. The molecule has 0 aliphatic heterocycles. The van der Waals surface area contributed by atoms with Gasteiger partial charge in [0, 0.05) is 28.0 Å². The van der Waals surface area contributed by atoms with Gasteiger partial charge >= 0.3 is 0 Å². The van der Waals surface area contributed by atoms with Gasteiger partial charge in [0.05, 0.1) is 26.6 Å². The van der Waals surface area contributed by atoms with E-state index in [9.17, 15) is 19.7 Å². The van der Waals surface area contributed by atoms with Crippen molar-refractivity contribution in [2.45, 2.75) is 24.2 Å². The van der Waals surface area contributed by atoms with Crippen molar-refractivity contribution >= 4 is 46.2 Å². The number of thiol groups is 1. The van der Waals surface area contributed by atoms with Crippen molar-refractivity contribution in [2.75, 3.05) is 0 Å². The molecule has 0 spiro atoms. The molecule has 0 amide bonds. The Morgan fingerprint density at radius 2 is 1.94 bits per heavy atom. The molecule has 5 rings (SSSR count). The third-order valence-corrected chi connectivity index (χ3v) is 6.78. The van der Waals surface area contributed by atoms with Crippen LogP contribution in [0, 0.1) is 10.1 Å². The average molecular weight is 450 g/mol. The van der Waals surface area contributed by atoms with Crippen LogP contribution in [0.1, 0.15) is 32.9 Å². The summed E-state index contributed by atoms with van der Waals surface area (Å²) in [6.45, 7) is 0. The van der Waals surface area contributed by atoms with E-state index in [1.165, 1.54) is 40.3 Å². The van der Waals surface area contributed by atoms with Gasteiger partial charge in [-0.3, -0.25) is 19.7 Å². The van der Waals surface area contributed by atoms with E-state index in [0.717, 1.165) is 29.5 Å². The van der Waals surface area contributed by atoms with Crippen molar-refractivity contribution in [3.8, 4) is 5.69 Å². The molecule has 154 valence electrons. The molecule has 0 N–H and O–H groups in total. The second kappa shape index (κ2) is 7.44. The summed E-state index contributed by atoms with van der Waals surface area (Å²) in [4.78, 5) is 38.0. The summed E-state index contributed by atoms with van der Waals surface area (Å²) in [7, 11) is 0. The van der Waals surface area contributed by atoms with Gasteiger partial charge in [0.1, 0.15) is 0 Å². The maximum Gasteiger partial charge on any atom is 0.280 e. The number of non-ortho nitro benzene ring substituents is 1. The lowest BCUT2D eigenvalue weighted by molar-refractivity contribution is -0.384. The van der Waals surface area contributed by atoms with Crippen LogP contribution < -0.4 is 5.56 Å². The fourth-order valence-corrected chi connectivity index (χ4v) is 5.06. The van der Waals surface area contributed by atoms with Crippen LogP contribution in [0.15, 0.2) is 57.5 Å². The van der Waals surface area contributed by atoms with Gasteiger partial charge in [0.15, 0.2) is 0 Å². The van der Waals surface area contributed by atoms with E-state index < -0.39 is 10.5 Å². The summed E-state index contributed by atoms with van der Waals surface area (Å²) in [5.41, 5.74) is 2.04. The first-order valence-corrected chi connectivity index (χ1v) is 10.9. The molecule has 0 saturated heterocycles. The Hall–Kier alpha value is -3.30. The van der Waals surface area contributed by atoms with Gasteiger partial charge in [-0.1, -0.05) is 6.07 Å². The summed E-state index contributed by atoms with van der Waals surface area (Å²) >= 11 is 5.96. The first-order valence-electron chi connectivity index (χ1n) is 9.59. The highest BCUT2D eigenvalue weighted by molar-refractivity contribution is 7.80. The van der Waals surface area contributed by atoms with E-state index in [-0.39, 0.29) is 11.5 Å². The number of hydrogen-bond donors (Lipinski definition) is 1. The van der Waals surface area contributed by atoms with Gasteiger partial charge in [-0.15, -0.1) is 24.0 Å². The molecular weight excluding hydrogens is 434 g/mol. The second-order valence-electron chi connectivity index (χ2n) is 7.28. The summed E-state index contributed by atoms with van der Waals surface area (Å²) in [5, 5.41) is 18.5. The van der Waals surface area contributed by atoms with Crippen LogP contribution in [0.5, 0.6) is 0 Å². The Balaban J connectivity index is 1.78. The smallest absolute Gasteiger partial charge is 0.280 e. The number of carbonyl (C=O) groups is 1. The van der Waals surface area contributed by atoms with Crippen molar-refractivity contribution < 1.29 is 9.72 Å². The van der Waals surface area contributed by atoms with Crippen LogP contribution in [-0.4, -0.2) is 20.5 Å². The SMILES string of the molecule is O=C(c1cccs1)c1cc2c3c(nn(-c4ccc([N+](=O)[O-])cc4)c(=O)c3c1S)CCC2. The van der Waals surface area contributed by atoms with Crippen LogP contribution in [0.2, 0.25) is 0 Å². The fraction of sp³-hybridized carbons (Fsp3) is 0.136. The summed E-state index contributed by atoms with van der Waals surface area (Å²) in [6, 6.07) is 11.1.